The molecule has 0 saturated carbocycles. The molecule has 0 aromatic rings. The van der Waals surface area contributed by atoms with E-state index in [2.05, 4.69) is 0 Å². The molecule has 0 fully saturated rings. The van der Waals surface area contributed by atoms with Gasteiger partial charge in [-0.15, -0.1) is 0 Å². The van der Waals surface area contributed by atoms with Crippen LogP contribution >= 0.6 is 0 Å². The molecule has 0 heterocycles. The smallest absolute Gasteiger partial charge is 2.00 e. The molecule has 1 nitrogen and oxygen atoms in total. The van der Waals surface area contributed by atoms with Crippen molar-refractivity contribution in [1.29, 1.82) is 0 Å². The summed E-state index contributed by atoms with van der Waals surface area (Å²) < 4.78 is 0. The first kappa shape index (κ1) is 38.9. The van der Waals surface area contributed by atoms with Crippen LogP contribution in [0.4, 0.5) is 0 Å². The minimum atomic E-state index is 0. The summed E-state index contributed by atoms with van der Waals surface area (Å²) in [5.74, 6) is 0. The average Bonchev–Trinajstić information content (AvgIpc) is 0. The van der Waals surface area contributed by atoms with E-state index in [-0.39, 0.29) is 71.0 Å². The maximum absolute atomic E-state index is 0. The minimum absolute atomic E-state index is 0. The van der Waals surface area contributed by atoms with Crippen LogP contribution in [0.3, 0.4) is 0 Å². The first-order chi connectivity index (χ1) is 0. The van der Waals surface area contributed by atoms with Crippen molar-refractivity contribution in [3.05, 3.63) is 0 Å². The third-order valence-electron chi connectivity index (χ3n) is 0. The van der Waals surface area contributed by atoms with Crippen LogP contribution < -0.4 is 4.70 Å². The molecular weight excluding hydrogens is 99.4 g/mol. The molecular formula is CaFMgO+. The van der Waals surface area contributed by atoms with Crippen LogP contribution in [0.1, 0.15) is 0 Å². The van der Waals surface area contributed by atoms with Gasteiger partial charge in [0.15, 0.2) is 0 Å². The molecule has 0 rings (SSSR count). The van der Waals surface area contributed by atoms with Gasteiger partial charge in [0.25, 0.3) is 0 Å². The molecule has 0 N–H and O–H groups in total. The van der Waals surface area contributed by atoms with E-state index < -0.39 is 0 Å². The molecule has 4 heavy (non-hydrogen) atoms. The van der Waals surface area contributed by atoms with Crippen LogP contribution in [0.2, 0.25) is 0 Å². The second-order valence-electron chi connectivity index (χ2n) is 0. The van der Waals surface area contributed by atoms with E-state index in [9.17, 15) is 0 Å². The van der Waals surface area contributed by atoms with Gasteiger partial charge < -0.3 is 10.2 Å². The SMILES string of the molecule is [Ca+2].[F-].[Mg+2].[O-2]. The molecule has 0 radical (unpaired) electrons. The zero-order valence-electron chi connectivity index (χ0n) is 2.20. The Morgan fingerprint density at radius 3 is 1.00 bits per heavy atom. The Bertz CT molecular complexity index is 8.00. The van der Waals surface area contributed by atoms with Gasteiger partial charge in [-0.05, 0) is 0 Å². The number of hydrogen-bond donors (Lipinski definition) is 0. The second kappa shape index (κ2) is 20.5. The summed E-state index contributed by atoms with van der Waals surface area (Å²) in [7, 11) is 0. The molecule has 0 aliphatic rings. The number of halogens is 1. The Morgan fingerprint density at radius 2 is 1.00 bits per heavy atom. The molecule has 0 amide bonds. The summed E-state index contributed by atoms with van der Waals surface area (Å²) in [6.45, 7) is 0. The monoisotopic (exact) mass is 98.9 g/mol. The Hall–Kier alpha value is 1.92. The first-order valence-corrected chi connectivity index (χ1v) is 0. The molecule has 4 heteroatoms. The Balaban J connectivity index is 0. The fourth-order valence-electron chi connectivity index (χ4n) is 0. The molecule has 0 unspecified atom stereocenters. The Morgan fingerprint density at radius 1 is 1.00 bits per heavy atom. The Kier molecular flexibility index (Phi) is 200. The van der Waals surface area contributed by atoms with Crippen molar-refractivity contribution >= 4 is 60.8 Å². The van der Waals surface area contributed by atoms with Gasteiger partial charge in [-0.2, -0.15) is 0 Å². The molecule has 0 saturated heterocycles. The maximum Gasteiger partial charge on any atom is 2.00 e. The predicted molar refractivity (Wildman–Crippen MR) is 12.2 cm³/mol. The van der Waals surface area contributed by atoms with Crippen LogP contribution in [0.25, 0.3) is 0 Å². The van der Waals surface area contributed by atoms with Crippen LogP contribution in [0.15, 0.2) is 0 Å². The van der Waals surface area contributed by atoms with Crippen LogP contribution in [-0.4, -0.2) is 60.8 Å². The third-order valence-corrected chi connectivity index (χ3v) is 0. The van der Waals surface area contributed by atoms with Crippen LogP contribution in [0, 0.1) is 0 Å². The van der Waals surface area contributed by atoms with Crippen molar-refractivity contribution in [1.82, 2.24) is 0 Å². The van der Waals surface area contributed by atoms with Gasteiger partial charge in [0, 0.05) is 0 Å². The van der Waals surface area contributed by atoms with Gasteiger partial charge in [0.2, 0.25) is 0 Å². The van der Waals surface area contributed by atoms with E-state index in [4.69, 9.17) is 0 Å². The fourth-order valence-corrected chi connectivity index (χ4v) is 0. The summed E-state index contributed by atoms with van der Waals surface area (Å²) in [6.07, 6.45) is 0. The van der Waals surface area contributed by atoms with E-state index >= 15 is 0 Å². The molecule has 0 aromatic heterocycles. The molecule has 0 atom stereocenters. The predicted octanol–water partition coefficient (Wildman–Crippen LogP) is -3.88. The third kappa shape index (κ3) is 9.07. The molecule has 0 aromatic carbocycles. The zero-order chi connectivity index (χ0) is 0. The summed E-state index contributed by atoms with van der Waals surface area (Å²) in [4.78, 5) is 0. The topological polar surface area (TPSA) is 28.5 Å². The van der Waals surface area contributed by atoms with Crippen molar-refractivity contribution in [3.63, 3.8) is 0 Å². The summed E-state index contributed by atoms with van der Waals surface area (Å²) in [6, 6.07) is 0. The summed E-state index contributed by atoms with van der Waals surface area (Å²) in [5, 5.41) is 0. The van der Waals surface area contributed by atoms with Crippen LogP contribution in [-0.2, 0) is 5.48 Å². The van der Waals surface area contributed by atoms with E-state index in [0.717, 1.165) is 0 Å². The summed E-state index contributed by atoms with van der Waals surface area (Å²) in [5.41, 5.74) is 0. The molecule has 0 aliphatic carbocycles. The average molecular weight is 99.4 g/mol. The van der Waals surface area contributed by atoms with Crippen LogP contribution in [0.5, 0.6) is 0 Å². The quantitative estimate of drug-likeness (QED) is 0.278. The van der Waals surface area contributed by atoms with Gasteiger partial charge in [0.05, 0.1) is 0 Å². The number of hydrogen-bond acceptors (Lipinski definition) is 0. The second-order valence-corrected chi connectivity index (χ2v) is 0. The maximum atomic E-state index is 0. The molecule has 0 bridgehead atoms. The molecule has 16 valence electrons. The van der Waals surface area contributed by atoms with E-state index in [0.29, 0.717) is 0 Å². The zero-order valence-corrected chi connectivity index (χ0v) is 5.82. The van der Waals surface area contributed by atoms with Crippen molar-refractivity contribution in [2.45, 2.75) is 0 Å². The van der Waals surface area contributed by atoms with Crippen molar-refractivity contribution in [3.8, 4) is 0 Å². The largest absolute Gasteiger partial charge is 2.00 e. The molecule has 0 spiro atoms. The molecule has 0 aliphatic heterocycles. The van der Waals surface area contributed by atoms with Crippen molar-refractivity contribution in [2.24, 2.45) is 0 Å². The summed E-state index contributed by atoms with van der Waals surface area (Å²) >= 11 is 0. The van der Waals surface area contributed by atoms with Gasteiger partial charge >= 0.3 is 60.8 Å². The van der Waals surface area contributed by atoms with Gasteiger partial charge in [-0.1, -0.05) is 0 Å². The van der Waals surface area contributed by atoms with Crippen molar-refractivity contribution in [2.75, 3.05) is 0 Å². The van der Waals surface area contributed by atoms with Gasteiger partial charge in [0.1, 0.15) is 0 Å². The fraction of sp³-hybridized carbons (Fsp3) is 0. The normalized spacial score (nSPS) is 0. The van der Waals surface area contributed by atoms with Gasteiger partial charge in [-0.3, -0.25) is 0 Å². The number of rotatable bonds is 0. The van der Waals surface area contributed by atoms with E-state index in [1.807, 2.05) is 0 Å². The van der Waals surface area contributed by atoms with Crippen molar-refractivity contribution < 1.29 is 10.2 Å². The van der Waals surface area contributed by atoms with Gasteiger partial charge in [-0.25, -0.2) is 0 Å². The minimum Gasteiger partial charge on any atom is -2.00 e. The standard InChI is InChI=1S/Ca.FH.Mg.O/h;1H;;/q+2;;+2;-2/p-1. The first-order valence-electron chi connectivity index (χ1n) is 0. The van der Waals surface area contributed by atoms with E-state index in [1.165, 1.54) is 0 Å². The Labute approximate surface area is 70.0 Å². The van der Waals surface area contributed by atoms with E-state index in [1.54, 1.807) is 0 Å².